The highest BCUT2D eigenvalue weighted by atomic mass is 32.2. The zero-order valence-corrected chi connectivity index (χ0v) is 13.6. The van der Waals surface area contributed by atoms with E-state index in [1.54, 1.807) is 17.6 Å². The molecule has 5 nitrogen and oxygen atoms in total. The first-order valence-electron chi connectivity index (χ1n) is 7.18. The van der Waals surface area contributed by atoms with Crippen LogP contribution in [0.2, 0.25) is 0 Å². The summed E-state index contributed by atoms with van der Waals surface area (Å²) < 4.78 is 0.840. The lowest BCUT2D eigenvalue weighted by atomic mass is 9.89. The Morgan fingerprint density at radius 1 is 1.32 bits per heavy atom. The van der Waals surface area contributed by atoms with Crippen LogP contribution in [0.15, 0.2) is 34.1 Å². The Morgan fingerprint density at radius 2 is 2.05 bits per heavy atom. The zero-order chi connectivity index (χ0) is 15.4. The lowest BCUT2D eigenvalue weighted by Crippen LogP contribution is -2.38. The summed E-state index contributed by atoms with van der Waals surface area (Å²) in [6.45, 7) is 1.59. The third-order valence-corrected chi connectivity index (χ3v) is 5.72. The Kier molecular flexibility index (Phi) is 4.94. The second-order valence-electron chi connectivity index (χ2n) is 5.24. The van der Waals surface area contributed by atoms with Gasteiger partial charge in [-0.3, -0.25) is 4.79 Å². The number of piperidine rings is 1. The van der Waals surface area contributed by atoms with Crippen LogP contribution in [-0.4, -0.2) is 45.0 Å². The molecule has 0 atom stereocenters. The molecule has 22 heavy (non-hydrogen) atoms. The molecule has 0 bridgehead atoms. The molecule has 7 heteroatoms. The van der Waals surface area contributed by atoms with E-state index in [9.17, 15) is 9.90 Å². The Morgan fingerprint density at radius 3 is 2.68 bits per heavy atom. The van der Waals surface area contributed by atoms with Crippen LogP contribution in [-0.2, 0) is 4.79 Å². The molecule has 1 aromatic carbocycles. The van der Waals surface area contributed by atoms with Crippen molar-refractivity contribution >= 4 is 29.0 Å². The third kappa shape index (κ3) is 3.78. The van der Waals surface area contributed by atoms with Crippen molar-refractivity contribution in [1.29, 1.82) is 0 Å². The SMILES string of the molecule is O=C(CSc1nncs1)N1CCC(c2ccc(O)cc2)CC1. The monoisotopic (exact) mass is 335 g/mol. The molecule has 1 aliphatic heterocycles. The van der Waals surface area contributed by atoms with E-state index in [1.165, 1.54) is 28.7 Å². The van der Waals surface area contributed by atoms with Crippen molar-refractivity contribution in [2.45, 2.75) is 23.1 Å². The van der Waals surface area contributed by atoms with Gasteiger partial charge in [-0.2, -0.15) is 0 Å². The van der Waals surface area contributed by atoms with Gasteiger partial charge in [0, 0.05) is 13.1 Å². The summed E-state index contributed by atoms with van der Waals surface area (Å²) >= 11 is 2.91. The molecule has 116 valence electrons. The number of hydrogen-bond donors (Lipinski definition) is 1. The van der Waals surface area contributed by atoms with Crippen LogP contribution in [0.5, 0.6) is 5.75 Å². The van der Waals surface area contributed by atoms with Crippen LogP contribution in [0.25, 0.3) is 0 Å². The summed E-state index contributed by atoms with van der Waals surface area (Å²) in [5, 5.41) is 17.0. The number of likely N-dealkylation sites (tertiary alicyclic amines) is 1. The van der Waals surface area contributed by atoms with Crippen molar-refractivity contribution in [3.8, 4) is 5.75 Å². The van der Waals surface area contributed by atoms with E-state index in [-0.39, 0.29) is 5.91 Å². The molecule has 2 aromatic rings. The maximum atomic E-state index is 12.2. The molecule has 0 radical (unpaired) electrons. The van der Waals surface area contributed by atoms with Crippen molar-refractivity contribution < 1.29 is 9.90 Å². The summed E-state index contributed by atoms with van der Waals surface area (Å²) in [5.41, 5.74) is 2.92. The first kappa shape index (κ1) is 15.3. The molecule has 2 heterocycles. The molecule has 0 spiro atoms. The van der Waals surface area contributed by atoms with Gasteiger partial charge in [0.05, 0.1) is 5.75 Å². The van der Waals surface area contributed by atoms with E-state index in [0.717, 1.165) is 30.3 Å². The topological polar surface area (TPSA) is 66.3 Å². The Hall–Kier alpha value is -1.60. The number of thioether (sulfide) groups is 1. The largest absolute Gasteiger partial charge is 0.508 e. The fraction of sp³-hybridized carbons (Fsp3) is 0.400. The number of amides is 1. The lowest BCUT2D eigenvalue weighted by Gasteiger charge is -2.32. The van der Waals surface area contributed by atoms with Gasteiger partial charge in [-0.05, 0) is 36.5 Å². The highest BCUT2D eigenvalue weighted by molar-refractivity contribution is 8.01. The molecule has 0 saturated carbocycles. The van der Waals surface area contributed by atoms with E-state index in [4.69, 9.17) is 0 Å². The molecule has 0 aliphatic carbocycles. The third-order valence-electron chi connectivity index (χ3n) is 3.87. The van der Waals surface area contributed by atoms with Crippen LogP contribution < -0.4 is 0 Å². The van der Waals surface area contributed by atoms with Crippen molar-refractivity contribution in [3.63, 3.8) is 0 Å². The predicted molar refractivity (Wildman–Crippen MR) is 87.3 cm³/mol. The van der Waals surface area contributed by atoms with Gasteiger partial charge in [0.15, 0.2) is 4.34 Å². The summed E-state index contributed by atoms with van der Waals surface area (Å²) in [4.78, 5) is 14.1. The number of carbonyl (C=O) groups excluding carboxylic acids is 1. The summed E-state index contributed by atoms with van der Waals surface area (Å²) in [5.74, 6) is 1.37. The zero-order valence-electron chi connectivity index (χ0n) is 12.0. The fourth-order valence-corrected chi connectivity index (χ4v) is 4.04. The van der Waals surface area contributed by atoms with Gasteiger partial charge in [-0.25, -0.2) is 0 Å². The van der Waals surface area contributed by atoms with E-state index < -0.39 is 0 Å². The lowest BCUT2D eigenvalue weighted by molar-refractivity contribution is -0.129. The number of aromatic hydroxyl groups is 1. The minimum Gasteiger partial charge on any atom is -0.508 e. The van der Waals surface area contributed by atoms with Gasteiger partial charge in [-0.15, -0.1) is 10.2 Å². The fourth-order valence-electron chi connectivity index (χ4n) is 2.65. The van der Waals surface area contributed by atoms with E-state index in [2.05, 4.69) is 10.2 Å². The van der Waals surface area contributed by atoms with Crippen LogP contribution in [0.1, 0.15) is 24.3 Å². The minimum absolute atomic E-state index is 0.171. The predicted octanol–water partition coefficient (Wildman–Crippen LogP) is 2.74. The number of phenols is 1. The standard InChI is InChI=1S/C15H17N3O2S2/c19-13-3-1-11(2-4-13)12-5-7-18(8-6-12)14(20)9-21-15-17-16-10-22-15/h1-4,10,12,19H,5-9H2. The van der Waals surface area contributed by atoms with Crippen LogP contribution in [0.3, 0.4) is 0 Å². The number of hydrogen-bond acceptors (Lipinski definition) is 6. The number of nitrogens with zero attached hydrogens (tertiary/aromatic N) is 3. The molecule has 0 unspecified atom stereocenters. The van der Waals surface area contributed by atoms with Gasteiger partial charge in [0.1, 0.15) is 11.3 Å². The second-order valence-corrected chi connectivity index (χ2v) is 7.30. The van der Waals surface area contributed by atoms with Gasteiger partial charge < -0.3 is 10.0 Å². The van der Waals surface area contributed by atoms with Gasteiger partial charge in [0.25, 0.3) is 0 Å². The van der Waals surface area contributed by atoms with Gasteiger partial charge in [-0.1, -0.05) is 35.2 Å². The molecule has 1 amide bonds. The number of carbonyl (C=O) groups is 1. The van der Waals surface area contributed by atoms with Crippen molar-refractivity contribution in [2.75, 3.05) is 18.8 Å². The van der Waals surface area contributed by atoms with E-state index >= 15 is 0 Å². The molecule has 1 saturated heterocycles. The summed E-state index contributed by atoms with van der Waals surface area (Å²) in [7, 11) is 0. The smallest absolute Gasteiger partial charge is 0.233 e. The molecule has 1 N–H and O–H groups in total. The van der Waals surface area contributed by atoms with Crippen molar-refractivity contribution in [2.24, 2.45) is 0 Å². The normalized spacial score (nSPS) is 15.9. The van der Waals surface area contributed by atoms with Crippen molar-refractivity contribution in [1.82, 2.24) is 15.1 Å². The second kappa shape index (κ2) is 7.11. The average molecular weight is 335 g/mol. The molecule has 3 rings (SSSR count). The number of aromatic nitrogens is 2. The number of benzene rings is 1. The number of phenolic OH excluding ortho intramolecular Hbond substituents is 1. The molecule has 1 aromatic heterocycles. The van der Waals surface area contributed by atoms with E-state index in [1.807, 2.05) is 17.0 Å². The average Bonchev–Trinajstić information content (AvgIpc) is 3.07. The first-order chi connectivity index (χ1) is 10.7. The minimum atomic E-state index is 0.171. The molecular formula is C15H17N3O2S2. The molecular weight excluding hydrogens is 318 g/mol. The number of rotatable bonds is 4. The van der Waals surface area contributed by atoms with E-state index in [0.29, 0.717) is 17.4 Å². The Bertz CT molecular complexity index is 608. The maximum absolute atomic E-state index is 12.2. The first-order valence-corrected chi connectivity index (χ1v) is 9.04. The Balaban J connectivity index is 1.48. The van der Waals surface area contributed by atoms with Gasteiger partial charge >= 0.3 is 0 Å². The Labute approximate surface area is 137 Å². The molecule has 1 aliphatic rings. The summed E-state index contributed by atoms with van der Waals surface area (Å²) in [6.07, 6.45) is 1.94. The maximum Gasteiger partial charge on any atom is 0.233 e. The highest BCUT2D eigenvalue weighted by Gasteiger charge is 2.23. The van der Waals surface area contributed by atoms with Gasteiger partial charge in [0.2, 0.25) is 5.91 Å². The highest BCUT2D eigenvalue weighted by Crippen LogP contribution is 2.29. The van der Waals surface area contributed by atoms with Crippen LogP contribution in [0, 0.1) is 0 Å². The quantitative estimate of drug-likeness (QED) is 0.870. The van der Waals surface area contributed by atoms with Crippen LogP contribution >= 0.6 is 23.1 Å². The molecule has 1 fully saturated rings. The van der Waals surface area contributed by atoms with Crippen molar-refractivity contribution in [3.05, 3.63) is 35.3 Å². The summed E-state index contributed by atoms with van der Waals surface area (Å²) in [6, 6.07) is 7.41. The van der Waals surface area contributed by atoms with Crippen LogP contribution in [0.4, 0.5) is 0 Å².